The lowest BCUT2D eigenvalue weighted by molar-refractivity contribution is 0.102. The molecule has 0 aliphatic heterocycles. The van der Waals surface area contributed by atoms with Crippen molar-refractivity contribution in [2.45, 2.75) is 6.92 Å². The molecule has 6 nitrogen and oxygen atoms in total. The van der Waals surface area contributed by atoms with Crippen LogP contribution in [0.4, 0.5) is 10.1 Å². The number of rotatable bonds is 7. The Kier molecular flexibility index (Phi) is 6.40. The number of hydrogen-bond acceptors (Lipinski definition) is 5. The molecule has 0 fully saturated rings. The van der Waals surface area contributed by atoms with Crippen LogP contribution in [0.5, 0.6) is 17.2 Å². The van der Waals surface area contributed by atoms with Crippen LogP contribution in [0.2, 0.25) is 0 Å². The van der Waals surface area contributed by atoms with Gasteiger partial charge >= 0.3 is 0 Å². The Labute approximate surface area is 190 Å². The van der Waals surface area contributed by atoms with Gasteiger partial charge in [0.05, 0.1) is 37.6 Å². The van der Waals surface area contributed by atoms with Crippen LogP contribution < -0.4 is 19.5 Å². The molecule has 0 unspecified atom stereocenters. The molecule has 0 atom stereocenters. The lowest BCUT2D eigenvalue weighted by Crippen LogP contribution is -2.13. The van der Waals surface area contributed by atoms with E-state index in [1.54, 1.807) is 43.5 Å². The molecule has 1 amide bonds. The van der Waals surface area contributed by atoms with E-state index in [2.05, 4.69) is 5.32 Å². The van der Waals surface area contributed by atoms with Crippen molar-refractivity contribution in [3.05, 3.63) is 78.1 Å². The van der Waals surface area contributed by atoms with Gasteiger partial charge in [-0.3, -0.25) is 4.79 Å². The molecule has 3 aromatic carbocycles. The van der Waals surface area contributed by atoms with Crippen molar-refractivity contribution >= 4 is 22.5 Å². The number of ether oxygens (including phenoxy) is 3. The van der Waals surface area contributed by atoms with E-state index in [9.17, 15) is 9.18 Å². The average molecular weight is 446 g/mol. The summed E-state index contributed by atoms with van der Waals surface area (Å²) in [5.74, 6) is 1.01. The minimum atomic E-state index is -0.317. The molecule has 33 heavy (non-hydrogen) atoms. The second-order valence-corrected chi connectivity index (χ2v) is 7.20. The minimum absolute atomic E-state index is 0.307. The molecule has 4 aromatic rings. The number of benzene rings is 3. The highest BCUT2D eigenvalue weighted by atomic mass is 19.1. The average Bonchev–Trinajstić information content (AvgIpc) is 2.84. The van der Waals surface area contributed by atoms with Crippen molar-refractivity contribution in [1.82, 2.24) is 4.98 Å². The fourth-order valence-corrected chi connectivity index (χ4v) is 3.50. The molecule has 1 heterocycles. The van der Waals surface area contributed by atoms with Crippen LogP contribution in [-0.4, -0.2) is 31.7 Å². The molecule has 7 heteroatoms. The number of aromatic nitrogens is 1. The Hall–Kier alpha value is -4.13. The number of amides is 1. The van der Waals surface area contributed by atoms with Gasteiger partial charge in [-0.15, -0.1) is 0 Å². The third kappa shape index (κ3) is 4.72. The maximum absolute atomic E-state index is 13.3. The monoisotopic (exact) mass is 446 g/mol. The van der Waals surface area contributed by atoms with E-state index in [0.29, 0.717) is 46.3 Å². The highest BCUT2D eigenvalue weighted by Crippen LogP contribution is 2.33. The third-order valence-corrected chi connectivity index (χ3v) is 5.12. The standard InChI is InChI=1S/C26H23FN2O4/c1-4-33-25-15-23(16-5-7-17(27)8-6-16)29-22-12-9-18(13-21(22)25)28-26(30)20-11-10-19(31-2)14-24(20)32-3/h5-15H,4H2,1-3H3,(H,28,30). The predicted molar refractivity (Wildman–Crippen MR) is 126 cm³/mol. The SMILES string of the molecule is CCOc1cc(-c2ccc(F)cc2)nc2ccc(NC(=O)c3ccc(OC)cc3OC)cc12. The van der Waals surface area contributed by atoms with E-state index in [1.165, 1.54) is 19.2 Å². The van der Waals surface area contributed by atoms with Gasteiger partial charge in [-0.1, -0.05) is 0 Å². The zero-order valence-corrected chi connectivity index (χ0v) is 18.5. The normalized spacial score (nSPS) is 10.7. The molecule has 0 bridgehead atoms. The first-order chi connectivity index (χ1) is 16.0. The minimum Gasteiger partial charge on any atom is -0.497 e. The highest BCUT2D eigenvalue weighted by molar-refractivity contribution is 6.07. The van der Waals surface area contributed by atoms with Gasteiger partial charge in [-0.2, -0.15) is 0 Å². The van der Waals surface area contributed by atoms with E-state index in [4.69, 9.17) is 19.2 Å². The summed E-state index contributed by atoms with van der Waals surface area (Å²) in [5, 5.41) is 3.65. The Morgan fingerprint density at radius 2 is 1.73 bits per heavy atom. The number of pyridine rings is 1. The summed E-state index contributed by atoms with van der Waals surface area (Å²) in [5.41, 5.74) is 3.12. The second kappa shape index (κ2) is 9.56. The van der Waals surface area contributed by atoms with Gasteiger partial charge in [0.2, 0.25) is 0 Å². The lowest BCUT2D eigenvalue weighted by Gasteiger charge is -2.13. The molecule has 0 saturated heterocycles. The topological polar surface area (TPSA) is 69.7 Å². The third-order valence-electron chi connectivity index (χ3n) is 5.12. The number of nitrogens with one attached hydrogen (secondary N) is 1. The van der Waals surface area contributed by atoms with Crippen LogP contribution in [0, 0.1) is 5.82 Å². The second-order valence-electron chi connectivity index (χ2n) is 7.20. The number of fused-ring (bicyclic) bond motifs is 1. The zero-order chi connectivity index (χ0) is 23.4. The quantitative estimate of drug-likeness (QED) is 0.394. The van der Waals surface area contributed by atoms with Crippen LogP contribution in [0.15, 0.2) is 66.7 Å². The fraction of sp³-hybridized carbons (Fsp3) is 0.154. The molecule has 0 aliphatic rings. The maximum atomic E-state index is 13.3. The van der Waals surface area contributed by atoms with E-state index in [-0.39, 0.29) is 11.7 Å². The number of anilines is 1. The van der Waals surface area contributed by atoms with Gasteiger partial charge in [-0.25, -0.2) is 9.37 Å². The Bertz CT molecular complexity index is 1310. The number of hydrogen-bond donors (Lipinski definition) is 1. The van der Waals surface area contributed by atoms with Crippen LogP contribution >= 0.6 is 0 Å². The number of methoxy groups -OCH3 is 2. The van der Waals surface area contributed by atoms with Crippen molar-refractivity contribution in [2.24, 2.45) is 0 Å². The number of nitrogens with zero attached hydrogens (tertiary/aromatic N) is 1. The summed E-state index contributed by atoms with van der Waals surface area (Å²) in [4.78, 5) is 17.6. The van der Waals surface area contributed by atoms with Gasteiger partial charge in [0.25, 0.3) is 5.91 Å². The summed E-state index contributed by atoms with van der Waals surface area (Å²) >= 11 is 0. The van der Waals surface area contributed by atoms with Gasteiger partial charge in [0, 0.05) is 28.8 Å². The van der Waals surface area contributed by atoms with Gasteiger partial charge in [0.15, 0.2) is 0 Å². The van der Waals surface area contributed by atoms with Crippen LogP contribution in [0.1, 0.15) is 17.3 Å². The maximum Gasteiger partial charge on any atom is 0.259 e. The van der Waals surface area contributed by atoms with Crippen molar-refractivity contribution in [2.75, 3.05) is 26.1 Å². The van der Waals surface area contributed by atoms with Crippen molar-refractivity contribution < 1.29 is 23.4 Å². The first kappa shape index (κ1) is 22.1. The smallest absolute Gasteiger partial charge is 0.259 e. The van der Waals surface area contributed by atoms with Gasteiger partial charge in [0.1, 0.15) is 23.1 Å². The first-order valence-electron chi connectivity index (χ1n) is 10.4. The molecular formula is C26H23FN2O4. The van der Waals surface area contributed by atoms with Crippen LogP contribution in [-0.2, 0) is 0 Å². The summed E-state index contributed by atoms with van der Waals surface area (Å²) < 4.78 is 29.7. The van der Waals surface area contributed by atoms with E-state index in [0.717, 1.165) is 10.9 Å². The molecule has 0 spiro atoms. The molecule has 0 aliphatic carbocycles. The first-order valence-corrected chi connectivity index (χ1v) is 10.4. The Morgan fingerprint density at radius 3 is 2.42 bits per heavy atom. The Balaban J connectivity index is 1.69. The largest absolute Gasteiger partial charge is 0.497 e. The summed E-state index contributed by atoms with van der Waals surface area (Å²) in [7, 11) is 3.05. The Morgan fingerprint density at radius 1 is 0.939 bits per heavy atom. The van der Waals surface area contributed by atoms with E-state index < -0.39 is 0 Å². The summed E-state index contributed by atoms with van der Waals surface area (Å²) in [6, 6.07) is 18.4. The van der Waals surface area contributed by atoms with E-state index >= 15 is 0 Å². The summed E-state index contributed by atoms with van der Waals surface area (Å²) in [6.07, 6.45) is 0. The highest BCUT2D eigenvalue weighted by Gasteiger charge is 2.15. The van der Waals surface area contributed by atoms with Crippen molar-refractivity contribution in [3.8, 4) is 28.5 Å². The van der Waals surface area contributed by atoms with Crippen molar-refractivity contribution in [1.29, 1.82) is 0 Å². The predicted octanol–water partition coefficient (Wildman–Crippen LogP) is 5.71. The molecule has 0 saturated carbocycles. The summed E-state index contributed by atoms with van der Waals surface area (Å²) in [6.45, 7) is 2.35. The van der Waals surface area contributed by atoms with Crippen molar-refractivity contribution in [3.63, 3.8) is 0 Å². The molecule has 0 radical (unpaired) electrons. The molecule has 1 N–H and O–H groups in total. The van der Waals surface area contributed by atoms with Gasteiger partial charge in [-0.05, 0) is 61.5 Å². The molecule has 4 rings (SSSR count). The number of carbonyl (C=O) groups is 1. The molecule has 1 aromatic heterocycles. The van der Waals surface area contributed by atoms with Gasteiger partial charge < -0.3 is 19.5 Å². The number of halogens is 1. The number of carbonyl (C=O) groups excluding carboxylic acids is 1. The van der Waals surface area contributed by atoms with Crippen LogP contribution in [0.3, 0.4) is 0 Å². The van der Waals surface area contributed by atoms with E-state index in [1.807, 2.05) is 25.1 Å². The van der Waals surface area contributed by atoms with Crippen LogP contribution in [0.25, 0.3) is 22.2 Å². The molecule has 168 valence electrons. The lowest BCUT2D eigenvalue weighted by atomic mass is 10.1. The zero-order valence-electron chi connectivity index (χ0n) is 18.5. The fourth-order valence-electron chi connectivity index (χ4n) is 3.50. The molecular weight excluding hydrogens is 423 g/mol.